The predicted molar refractivity (Wildman–Crippen MR) is 61.0 cm³/mol. The molecule has 3 heteroatoms. The fourth-order valence-electron chi connectivity index (χ4n) is 2.87. The average molecular weight is 217 g/mol. The van der Waals surface area contributed by atoms with Gasteiger partial charge < -0.3 is 4.90 Å². The summed E-state index contributed by atoms with van der Waals surface area (Å²) in [7, 11) is 2.30. The van der Waals surface area contributed by atoms with E-state index in [0.717, 1.165) is 24.4 Å². The minimum atomic E-state index is 0.806. The Kier molecular flexibility index (Phi) is 3.69. The molecular weight excluding hydrogens is 196 g/mol. The molecule has 0 aromatic heterocycles. The molecular formula is C11H21ClN2. The minimum Gasteiger partial charge on any atom is -0.302 e. The molecule has 2 aliphatic heterocycles. The van der Waals surface area contributed by atoms with Crippen molar-refractivity contribution in [2.45, 2.75) is 37.8 Å². The first-order valence-corrected chi connectivity index (χ1v) is 6.35. The summed E-state index contributed by atoms with van der Waals surface area (Å²) >= 11 is 5.73. The normalized spacial score (nSPS) is 34.7. The first-order chi connectivity index (χ1) is 6.81. The lowest BCUT2D eigenvalue weighted by Gasteiger charge is -2.25. The summed E-state index contributed by atoms with van der Waals surface area (Å²) in [6.45, 7) is 3.74. The third-order valence-corrected chi connectivity index (χ3v) is 4.11. The number of likely N-dealkylation sites (tertiary alicyclic amines) is 1. The third kappa shape index (κ3) is 2.23. The van der Waals surface area contributed by atoms with Crippen molar-refractivity contribution in [2.75, 3.05) is 32.6 Å². The number of hydrogen-bond acceptors (Lipinski definition) is 2. The minimum absolute atomic E-state index is 0.806. The maximum absolute atomic E-state index is 5.73. The lowest BCUT2D eigenvalue weighted by molar-refractivity contribution is 0.219. The van der Waals surface area contributed by atoms with Crippen LogP contribution in [0.2, 0.25) is 0 Å². The number of rotatable bonds is 3. The zero-order valence-electron chi connectivity index (χ0n) is 9.08. The van der Waals surface area contributed by atoms with E-state index in [0.29, 0.717) is 0 Å². The van der Waals surface area contributed by atoms with Gasteiger partial charge in [-0.2, -0.15) is 0 Å². The standard InChI is InChI=1S/C11H21ClN2/c1-13-10-3-4-11(13)9-14(8-5-10)7-2-6-12/h10-11H,2-9H2,1H3. The topological polar surface area (TPSA) is 6.48 Å². The third-order valence-electron chi connectivity index (χ3n) is 3.84. The highest BCUT2D eigenvalue weighted by molar-refractivity contribution is 6.17. The molecule has 2 saturated heterocycles. The summed E-state index contributed by atoms with van der Waals surface area (Å²) < 4.78 is 0. The molecule has 2 rings (SSSR count). The Morgan fingerprint density at radius 3 is 2.79 bits per heavy atom. The number of likely N-dealkylation sites (N-methyl/N-ethyl adjacent to an activating group) is 1. The molecule has 2 heterocycles. The Balaban J connectivity index is 1.87. The van der Waals surface area contributed by atoms with Crippen LogP contribution in [-0.2, 0) is 0 Å². The van der Waals surface area contributed by atoms with Gasteiger partial charge in [0.05, 0.1) is 0 Å². The van der Waals surface area contributed by atoms with Gasteiger partial charge in [0.2, 0.25) is 0 Å². The van der Waals surface area contributed by atoms with Gasteiger partial charge >= 0.3 is 0 Å². The largest absolute Gasteiger partial charge is 0.302 e. The Morgan fingerprint density at radius 2 is 2.00 bits per heavy atom. The zero-order valence-corrected chi connectivity index (χ0v) is 9.84. The van der Waals surface area contributed by atoms with Crippen LogP contribution in [0.25, 0.3) is 0 Å². The van der Waals surface area contributed by atoms with E-state index < -0.39 is 0 Å². The summed E-state index contributed by atoms with van der Waals surface area (Å²) in [5.74, 6) is 0.806. The fraction of sp³-hybridized carbons (Fsp3) is 1.00. The fourth-order valence-corrected chi connectivity index (χ4v) is 2.99. The lowest BCUT2D eigenvalue weighted by atomic mass is 10.1. The van der Waals surface area contributed by atoms with E-state index in [2.05, 4.69) is 16.8 Å². The van der Waals surface area contributed by atoms with Gasteiger partial charge in [0.25, 0.3) is 0 Å². The second-order valence-corrected chi connectivity index (χ2v) is 5.06. The predicted octanol–water partition coefficient (Wildman–Crippen LogP) is 1.78. The van der Waals surface area contributed by atoms with Gasteiger partial charge in [0, 0.05) is 24.5 Å². The van der Waals surface area contributed by atoms with Crippen LogP contribution in [0.3, 0.4) is 0 Å². The Hall–Kier alpha value is 0.210. The van der Waals surface area contributed by atoms with E-state index in [1.165, 1.54) is 38.9 Å². The summed E-state index contributed by atoms with van der Waals surface area (Å²) in [5.41, 5.74) is 0. The number of halogens is 1. The smallest absolute Gasteiger partial charge is 0.0235 e. The van der Waals surface area contributed by atoms with E-state index in [1.54, 1.807) is 0 Å². The SMILES string of the molecule is CN1C2CCC1CN(CCCCl)CC2. The highest BCUT2D eigenvalue weighted by Crippen LogP contribution is 2.28. The van der Waals surface area contributed by atoms with E-state index in [4.69, 9.17) is 11.6 Å². The molecule has 2 fully saturated rings. The summed E-state index contributed by atoms with van der Waals surface area (Å²) in [4.78, 5) is 5.20. The summed E-state index contributed by atoms with van der Waals surface area (Å²) in [5, 5.41) is 0. The van der Waals surface area contributed by atoms with Crippen molar-refractivity contribution >= 4 is 11.6 Å². The second-order valence-electron chi connectivity index (χ2n) is 4.68. The van der Waals surface area contributed by atoms with Crippen LogP contribution in [-0.4, -0.2) is 54.4 Å². The van der Waals surface area contributed by atoms with Crippen LogP contribution in [0.4, 0.5) is 0 Å². The number of alkyl halides is 1. The van der Waals surface area contributed by atoms with Crippen LogP contribution >= 0.6 is 11.6 Å². The van der Waals surface area contributed by atoms with Crippen molar-refractivity contribution < 1.29 is 0 Å². The van der Waals surface area contributed by atoms with E-state index in [9.17, 15) is 0 Å². The maximum atomic E-state index is 5.73. The molecule has 2 unspecified atom stereocenters. The first-order valence-electron chi connectivity index (χ1n) is 5.81. The van der Waals surface area contributed by atoms with Gasteiger partial charge in [-0.3, -0.25) is 4.90 Å². The van der Waals surface area contributed by atoms with Gasteiger partial charge in [0.15, 0.2) is 0 Å². The van der Waals surface area contributed by atoms with Crippen molar-refractivity contribution in [3.8, 4) is 0 Å². The summed E-state index contributed by atoms with van der Waals surface area (Å²) in [6.07, 6.45) is 5.32. The number of nitrogens with zero attached hydrogens (tertiary/aromatic N) is 2. The van der Waals surface area contributed by atoms with Gasteiger partial charge in [-0.05, 0) is 45.8 Å². The van der Waals surface area contributed by atoms with Gasteiger partial charge in [-0.25, -0.2) is 0 Å². The molecule has 0 N–H and O–H groups in total. The van der Waals surface area contributed by atoms with Crippen molar-refractivity contribution in [1.29, 1.82) is 0 Å². The molecule has 82 valence electrons. The van der Waals surface area contributed by atoms with E-state index in [1.807, 2.05) is 0 Å². The molecule has 0 aromatic rings. The quantitative estimate of drug-likeness (QED) is 0.664. The molecule has 0 amide bonds. The number of fused-ring (bicyclic) bond motifs is 2. The van der Waals surface area contributed by atoms with Crippen LogP contribution < -0.4 is 0 Å². The Labute approximate surface area is 92.2 Å². The van der Waals surface area contributed by atoms with Gasteiger partial charge in [-0.15, -0.1) is 11.6 Å². The highest BCUT2D eigenvalue weighted by atomic mass is 35.5. The molecule has 2 nitrogen and oxygen atoms in total. The Morgan fingerprint density at radius 1 is 1.21 bits per heavy atom. The molecule has 14 heavy (non-hydrogen) atoms. The van der Waals surface area contributed by atoms with Crippen molar-refractivity contribution in [1.82, 2.24) is 9.80 Å². The van der Waals surface area contributed by atoms with Crippen molar-refractivity contribution in [3.63, 3.8) is 0 Å². The molecule has 2 atom stereocenters. The first kappa shape index (κ1) is 10.7. The number of hydrogen-bond donors (Lipinski definition) is 0. The molecule has 2 aliphatic rings. The van der Waals surface area contributed by atoms with Crippen molar-refractivity contribution in [2.24, 2.45) is 0 Å². The zero-order chi connectivity index (χ0) is 9.97. The average Bonchev–Trinajstić information content (AvgIpc) is 2.40. The van der Waals surface area contributed by atoms with Crippen LogP contribution in [0.5, 0.6) is 0 Å². The molecule has 2 bridgehead atoms. The van der Waals surface area contributed by atoms with Crippen LogP contribution in [0.1, 0.15) is 25.7 Å². The van der Waals surface area contributed by atoms with Gasteiger partial charge in [0.1, 0.15) is 0 Å². The Bertz CT molecular complexity index is 186. The molecule has 0 spiro atoms. The second kappa shape index (κ2) is 4.82. The van der Waals surface area contributed by atoms with Crippen LogP contribution in [0.15, 0.2) is 0 Å². The summed E-state index contributed by atoms with van der Waals surface area (Å²) in [6, 6.07) is 1.68. The monoisotopic (exact) mass is 216 g/mol. The molecule has 0 radical (unpaired) electrons. The van der Waals surface area contributed by atoms with E-state index in [-0.39, 0.29) is 0 Å². The van der Waals surface area contributed by atoms with Crippen molar-refractivity contribution in [3.05, 3.63) is 0 Å². The highest BCUT2D eigenvalue weighted by Gasteiger charge is 2.34. The lowest BCUT2D eigenvalue weighted by Crippen LogP contribution is -2.37. The van der Waals surface area contributed by atoms with E-state index >= 15 is 0 Å². The molecule has 0 saturated carbocycles. The van der Waals surface area contributed by atoms with Crippen LogP contribution in [0, 0.1) is 0 Å². The molecule has 0 aliphatic carbocycles. The molecule has 0 aromatic carbocycles. The van der Waals surface area contributed by atoms with Gasteiger partial charge in [-0.1, -0.05) is 0 Å². The maximum Gasteiger partial charge on any atom is 0.0235 e.